The van der Waals surface area contributed by atoms with Crippen LogP contribution < -0.4 is 0 Å². The van der Waals surface area contributed by atoms with Crippen molar-refractivity contribution < 1.29 is 9.47 Å². The predicted molar refractivity (Wildman–Crippen MR) is 50.7 cm³/mol. The number of hydrogen-bond donors (Lipinski definition) is 0. The van der Waals surface area contributed by atoms with Crippen molar-refractivity contribution in [1.29, 1.82) is 0 Å². The van der Waals surface area contributed by atoms with Gasteiger partial charge in [0.25, 0.3) is 5.91 Å². The van der Waals surface area contributed by atoms with Gasteiger partial charge in [-0.05, 0) is 28.1 Å². The highest BCUT2D eigenvalue weighted by Gasteiger charge is 2.34. The molecule has 0 spiro atoms. The van der Waals surface area contributed by atoms with Crippen molar-refractivity contribution in [2.45, 2.75) is 5.91 Å². The molecule has 0 aliphatic carbocycles. The first-order valence-corrected chi connectivity index (χ1v) is 4.35. The topological polar surface area (TPSA) is 21.7 Å². The number of nitrogens with zero attached hydrogens (tertiary/aromatic N) is 1. The van der Waals surface area contributed by atoms with Gasteiger partial charge in [-0.3, -0.25) is 0 Å². The lowest BCUT2D eigenvalue weighted by Crippen LogP contribution is -2.47. The van der Waals surface area contributed by atoms with Crippen LogP contribution in [0.25, 0.3) is 0 Å². The van der Waals surface area contributed by atoms with Crippen LogP contribution in [0, 0.1) is 0 Å². The zero-order valence-corrected chi connectivity index (χ0v) is 8.96. The Morgan fingerprint density at radius 3 is 2.42 bits per heavy atom. The van der Waals surface area contributed by atoms with Crippen LogP contribution in [0.3, 0.4) is 0 Å². The van der Waals surface area contributed by atoms with Crippen LogP contribution >= 0.6 is 15.9 Å². The SMILES string of the molecule is COC1(OC)C=CC=C(Br)N1C. The van der Waals surface area contributed by atoms with Crippen LogP contribution in [-0.2, 0) is 9.47 Å². The third-order valence-electron chi connectivity index (χ3n) is 1.91. The van der Waals surface area contributed by atoms with Gasteiger partial charge in [-0.25, -0.2) is 0 Å². The van der Waals surface area contributed by atoms with E-state index < -0.39 is 5.91 Å². The summed E-state index contributed by atoms with van der Waals surface area (Å²) < 4.78 is 11.4. The molecule has 0 saturated carbocycles. The monoisotopic (exact) mass is 233 g/mol. The third-order valence-corrected chi connectivity index (χ3v) is 2.71. The van der Waals surface area contributed by atoms with Gasteiger partial charge in [0.15, 0.2) is 0 Å². The molecule has 12 heavy (non-hydrogen) atoms. The Labute approximate surface area is 80.8 Å². The highest BCUT2D eigenvalue weighted by atomic mass is 79.9. The molecule has 1 aliphatic rings. The zero-order valence-electron chi connectivity index (χ0n) is 7.37. The summed E-state index contributed by atoms with van der Waals surface area (Å²) in [4.78, 5) is 1.85. The standard InChI is InChI=1S/C8H12BrNO2/c1-10-7(9)5-4-6-8(10,11-2)12-3/h4-6H,1-3H3. The van der Waals surface area contributed by atoms with E-state index in [1.807, 2.05) is 30.2 Å². The van der Waals surface area contributed by atoms with Crippen LogP contribution in [-0.4, -0.2) is 32.1 Å². The van der Waals surface area contributed by atoms with E-state index in [-0.39, 0.29) is 0 Å². The number of halogens is 1. The van der Waals surface area contributed by atoms with Gasteiger partial charge in [-0.1, -0.05) is 6.08 Å². The van der Waals surface area contributed by atoms with Crippen LogP contribution in [0.4, 0.5) is 0 Å². The molecular weight excluding hydrogens is 222 g/mol. The largest absolute Gasteiger partial charge is 0.333 e. The summed E-state index contributed by atoms with van der Waals surface area (Å²) in [7, 11) is 5.10. The number of allylic oxidation sites excluding steroid dienone is 2. The molecule has 1 rings (SSSR count). The van der Waals surface area contributed by atoms with Crippen molar-refractivity contribution in [2.24, 2.45) is 0 Å². The van der Waals surface area contributed by atoms with Crippen molar-refractivity contribution in [3.63, 3.8) is 0 Å². The Morgan fingerprint density at radius 1 is 1.42 bits per heavy atom. The summed E-state index contributed by atoms with van der Waals surface area (Å²) in [6.45, 7) is 0. The summed E-state index contributed by atoms with van der Waals surface area (Å²) in [6, 6.07) is 0. The van der Waals surface area contributed by atoms with E-state index >= 15 is 0 Å². The van der Waals surface area contributed by atoms with E-state index in [0.717, 1.165) is 4.61 Å². The van der Waals surface area contributed by atoms with Crippen LogP contribution in [0.1, 0.15) is 0 Å². The van der Waals surface area contributed by atoms with Crippen LogP contribution in [0.2, 0.25) is 0 Å². The Kier molecular flexibility index (Phi) is 2.93. The molecule has 0 fully saturated rings. The Balaban J connectivity index is 2.93. The normalized spacial score (nSPS) is 21.0. The molecule has 68 valence electrons. The second-order valence-electron chi connectivity index (χ2n) is 2.45. The van der Waals surface area contributed by atoms with Crippen molar-refractivity contribution in [1.82, 2.24) is 4.90 Å². The Bertz CT molecular complexity index is 221. The minimum absolute atomic E-state index is 0.770. The van der Waals surface area contributed by atoms with Crippen molar-refractivity contribution in [3.8, 4) is 0 Å². The minimum atomic E-state index is -0.770. The predicted octanol–water partition coefficient (Wildman–Crippen LogP) is 1.67. The van der Waals surface area contributed by atoms with E-state index in [2.05, 4.69) is 15.9 Å². The Hall–Kier alpha value is -0.320. The summed E-state index contributed by atoms with van der Waals surface area (Å²) in [6.07, 6.45) is 5.66. The summed E-state index contributed by atoms with van der Waals surface area (Å²) in [5.41, 5.74) is 0. The van der Waals surface area contributed by atoms with Crippen molar-refractivity contribution >= 4 is 15.9 Å². The van der Waals surface area contributed by atoms with Gasteiger partial charge in [-0.15, -0.1) is 0 Å². The zero-order chi connectivity index (χ0) is 9.19. The number of methoxy groups -OCH3 is 2. The number of ether oxygens (including phenoxy) is 2. The fourth-order valence-corrected chi connectivity index (χ4v) is 1.51. The maximum absolute atomic E-state index is 5.26. The van der Waals surface area contributed by atoms with Gasteiger partial charge in [0.05, 0.1) is 4.61 Å². The highest BCUT2D eigenvalue weighted by molar-refractivity contribution is 9.11. The molecule has 0 aromatic rings. The van der Waals surface area contributed by atoms with Crippen molar-refractivity contribution in [2.75, 3.05) is 21.3 Å². The number of hydrogen-bond acceptors (Lipinski definition) is 3. The second-order valence-corrected chi connectivity index (χ2v) is 3.26. The first kappa shape index (κ1) is 9.77. The lowest BCUT2D eigenvalue weighted by Gasteiger charge is -2.39. The summed E-state index contributed by atoms with van der Waals surface area (Å²) in [5.74, 6) is -0.770. The van der Waals surface area contributed by atoms with Gasteiger partial charge < -0.3 is 14.4 Å². The molecule has 0 unspecified atom stereocenters. The molecule has 0 radical (unpaired) electrons. The molecule has 3 nitrogen and oxygen atoms in total. The van der Waals surface area contributed by atoms with Gasteiger partial charge in [-0.2, -0.15) is 0 Å². The smallest absolute Gasteiger partial charge is 0.272 e. The molecule has 0 amide bonds. The lowest BCUT2D eigenvalue weighted by atomic mass is 10.3. The molecule has 0 bridgehead atoms. The molecule has 0 N–H and O–H groups in total. The maximum atomic E-state index is 5.26. The van der Waals surface area contributed by atoms with Gasteiger partial charge in [0, 0.05) is 21.3 Å². The van der Waals surface area contributed by atoms with Crippen molar-refractivity contribution in [3.05, 3.63) is 22.8 Å². The van der Waals surface area contributed by atoms with Gasteiger partial charge in [0.2, 0.25) is 0 Å². The fraction of sp³-hybridized carbons (Fsp3) is 0.500. The molecule has 1 heterocycles. The van der Waals surface area contributed by atoms with E-state index in [4.69, 9.17) is 9.47 Å². The Morgan fingerprint density at radius 2 is 2.00 bits per heavy atom. The molecule has 0 aromatic heterocycles. The maximum Gasteiger partial charge on any atom is 0.272 e. The van der Waals surface area contributed by atoms with Crippen LogP contribution in [0.5, 0.6) is 0 Å². The van der Waals surface area contributed by atoms with E-state index in [9.17, 15) is 0 Å². The minimum Gasteiger partial charge on any atom is -0.333 e. The van der Waals surface area contributed by atoms with Gasteiger partial charge >= 0.3 is 0 Å². The number of likely N-dealkylation sites (N-methyl/N-ethyl adjacent to an activating group) is 1. The van der Waals surface area contributed by atoms with E-state index in [0.29, 0.717) is 0 Å². The number of rotatable bonds is 2. The van der Waals surface area contributed by atoms with Crippen LogP contribution in [0.15, 0.2) is 22.8 Å². The lowest BCUT2D eigenvalue weighted by molar-refractivity contribution is -0.242. The van der Waals surface area contributed by atoms with Gasteiger partial charge in [0.1, 0.15) is 0 Å². The molecule has 0 atom stereocenters. The van der Waals surface area contributed by atoms with E-state index in [1.165, 1.54) is 0 Å². The molecule has 0 saturated heterocycles. The summed E-state index contributed by atoms with van der Waals surface area (Å²) in [5, 5.41) is 0. The molecule has 1 aliphatic heterocycles. The second kappa shape index (κ2) is 3.60. The molecular formula is C8H12BrNO2. The fourth-order valence-electron chi connectivity index (χ4n) is 1.11. The van der Waals surface area contributed by atoms with E-state index in [1.54, 1.807) is 14.2 Å². The first-order chi connectivity index (χ1) is 5.66. The molecule has 0 aromatic carbocycles. The molecule has 4 heteroatoms. The summed E-state index contributed by atoms with van der Waals surface area (Å²) >= 11 is 3.39. The highest BCUT2D eigenvalue weighted by Crippen LogP contribution is 2.28. The third kappa shape index (κ3) is 1.42. The quantitative estimate of drug-likeness (QED) is 0.535. The average molecular weight is 234 g/mol. The first-order valence-electron chi connectivity index (χ1n) is 3.55. The average Bonchev–Trinajstić information content (AvgIpc) is 2.11.